The molecule has 0 unspecified atom stereocenters. The van der Waals surface area contributed by atoms with Crippen LogP contribution >= 0.6 is 0 Å². The minimum Gasteiger partial charge on any atom is -0.854 e. The molecule has 0 atom stereocenters. The van der Waals surface area contributed by atoms with E-state index in [9.17, 15) is 15.3 Å². The van der Waals surface area contributed by atoms with Gasteiger partial charge in [-0.25, -0.2) is 0 Å². The molecule has 0 aliphatic carbocycles. The number of rotatable bonds is 3. The molecule has 0 aliphatic heterocycles. The van der Waals surface area contributed by atoms with Gasteiger partial charge in [-0.2, -0.15) is 0 Å². The monoisotopic (exact) mass is 329 g/mol. The molecule has 3 nitrogen and oxygen atoms in total. The Kier molecular flexibility index (Phi) is 69.3. The maximum Gasteiger partial charge on any atom is 3.00 e. The fourth-order valence-electron chi connectivity index (χ4n) is 0. The summed E-state index contributed by atoms with van der Waals surface area (Å²) in [5.41, 5.74) is 0. The Balaban J connectivity index is -0.0000000450. The minimum atomic E-state index is 0. The molecule has 0 saturated heterocycles. The van der Waals surface area contributed by atoms with Crippen LogP contribution < -0.4 is 15.3 Å². The van der Waals surface area contributed by atoms with Gasteiger partial charge in [0.1, 0.15) is 0 Å². The normalized spacial score (nSPS) is 6.92. The summed E-state index contributed by atoms with van der Waals surface area (Å²) in [6.45, 7) is 5.81. The van der Waals surface area contributed by atoms with Gasteiger partial charge >= 0.3 is 40.4 Å². The van der Waals surface area contributed by atoms with Crippen LogP contribution in [-0.2, 0) is 0 Å². The van der Waals surface area contributed by atoms with Crippen LogP contribution in [-0.4, -0.2) is 19.8 Å². The zero-order valence-corrected chi connectivity index (χ0v) is 11.5. The van der Waals surface area contributed by atoms with Crippen molar-refractivity contribution >= 4 is 0 Å². The van der Waals surface area contributed by atoms with Crippen LogP contribution in [0.2, 0.25) is 0 Å². The van der Waals surface area contributed by atoms with Crippen LogP contribution in [0.25, 0.3) is 0 Å². The van der Waals surface area contributed by atoms with Crippen molar-refractivity contribution in [2.45, 2.75) is 40.0 Å². The summed E-state index contributed by atoms with van der Waals surface area (Å²) in [5, 5.41) is 27.9. The van der Waals surface area contributed by atoms with Crippen LogP contribution in [0, 0.1) is 40.4 Å². The molecule has 0 N–H and O–H groups in total. The quantitative estimate of drug-likeness (QED) is 0.686. The second-order valence-corrected chi connectivity index (χ2v) is 2.11. The third-order valence-electron chi connectivity index (χ3n) is 0.612. The van der Waals surface area contributed by atoms with Gasteiger partial charge in [0.25, 0.3) is 0 Å². The van der Waals surface area contributed by atoms with Gasteiger partial charge < -0.3 is 15.3 Å². The molecule has 4 heteroatoms. The van der Waals surface area contributed by atoms with Crippen LogP contribution in [0.4, 0.5) is 0 Å². The fourth-order valence-corrected chi connectivity index (χ4v) is 0. The van der Waals surface area contributed by atoms with E-state index < -0.39 is 0 Å². The van der Waals surface area contributed by atoms with E-state index in [1.54, 1.807) is 0 Å². The van der Waals surface area contributed by atoms with E-state index in [4.69, 9.17) is 0 Å². The van der Waals surface area contributed by atoms with Gasteiger partial charge in [0.15, 0.2) is 0 Å². The van der Waals surface area contributed by atoms with Crippen molar-refractivity contribution in [3.8, 4) is 0 Å². The van der Waals surface area contributed by atoms with Crippen LogP contribution in [0.3, 0.4) is 0 Å². The number of hydrogen-bond donors (Lipinski definition) is 0. The van der Waals surface area contributed by atoms with Gasteiger partial charge in [-0.3, -0.25) is 0 Å². The molecule has 0 bridgehead atoms. The van der Waals surface area contributed by atoms with Crippen LogP contribution in [0.5, 0.6) is 0 Å². The summed E-state index contributed by atoms with van der Waals surface area (Å²) in [6, 6.07) is 0. The predicted octanol–water partition coefficient (Wildman–Crippen LogP) is -0.730. The third-order valence-corrected chi connectivity index (χ3v) is 0.612. The summed E-state index contributed by atoms with van der Waals surface area (Å²) >= 11 is 0. The summed E-state index contributed by atoms with van der Waals surface area (Å²) in [7, 11) is 0. The van der Waals surface area contributed by atoms with E-state index in [0.717, 1.165) is 19.3 Å². The molecule has 0 aromatic heterocycles. The zero-order valence-electron chi connectivity index (χ0n) is 8.88. The van der Waals surface area contributed by atoms with E-state index in [1.165, 1.54) is 0 Å². The summed E-state index contributed by atoms with van der Waals surface area (Å²) in [4.78, 5) is 0. The molecule has 0 aromatic carbocycles. The first kappa shape index (κ1) is 23.8. The SMILES string of the molecule is CCC[O-].CCC[O-].CCC[O-].[Sm+3]. The molecule has 13 heavy (non-hydrogen) atoms. The van der Waals surface area contributed by atoms with Crippen molar-refractivity contribution in [1.82, 2.24) is 0 Å². The van der Waals surface area contributed by atoms with Gasteiger partial charge in [-0.1, -0.05) is 40.0 Å². The molecular formula is C9H21O3Sm. The second kappa shape index (κ2) is 37.9. The Morgan fingerprint density at radius 2 is 0.692 bits per heavy atom. The van der Waals surface area contributed by atoms with Crippen molar-refractivity contribution < 1.29 is 55.7 Å². The van der Waals surface area contributed by atoms with Crippen molar-refractivity contribution in [2.75, 3.05) is 19.8 Å². The summed E-state index contributed by atoms with van der Waals surface area (Å²) < 4.78 is 0. The average molecular weight is 328 g/mol. The summed E-state index contributed by atoms with van der Waals surface area (Å²) in [6.07, 6.45) is 2.29. The van der Waals surface area contributed by atoms with E-state index in [2.05, 4.69) is 0 Å². The molecule has 1 radical (unpaired) electrons. The summed E-state index contributed by atoms with van der Waals surface area (Å²) in [5.74, 6) is 0. The molecular weight excluding hydrogens is 306 g/mol. The first-order chi connectivity index (χ1) is 5.74. The second-order valence-electron chi connectivity index (χ2n) is 2.11. The molecule has 0 amide bonds. The maximum atomic E-state index is 9.30. The van der Waals surface area contributed by atoms with E-state index in [0.29, 0.717) is 0 Å². The molecule has 0 aromatic rings. The largest absolute Gasteiger partial charge is 3.00 e. The molecule has 0 fully saturated rings. The van der Waals surface area contributed by atoms with Gasteiger partial charge in [0.2, 0.25) is 0 Å². The van der Waals surface area contributed by atoms with Crippen LogP contribution in [0.15, 0.2) is 0 Å². The van der Waals surface area contributed by atoms with Gasteiger partial charge in [-0.05, 0) is 0 Å². The topological polar surface area (TPSA) is 69.2 Å². The van der Waals surface area contributed by atoms with Crippen molar-refractivity contribution in [3.05, 3.63) is 0 Å². The Morgan fingerprint density at radius 3 is 0.692 bits per heavy atom. The standard InChI is InChI=1S/3C3H7O.Sm/c3*1-2-3-4;/h3*2-3H2,1H3;/q3*-1;+3. The Hall–Kier alpha value is 1.22. The van der Waals surface area contributed by atoms with Crippen molar-refractivity contribution in [1.29, 1.82) is 0 Å². The maximum absolute atomic E-state index is 9.30. The molecule has 81 valence electrons. The van der Waals surface area contributed by atoms with E-state index in [1.807, 2.05) is 20.8 Å². The smallest absolute Gasteiger partial charge is 0.854 e. The van der Waals surface area contributed by atoms with Crippen molar-refractivity contribution in [2.24, 2.45) is 0 Å². The Morgan fingerprint density at radius 1 is 0.615 bits per heavy atom. The molecule has 0 rings (SSSR count). The van der Waals surface area contributed by atoms with Gasteiger partial charge in [-0.15, -0.1) is 19.8 Å². The van der Waals surface area contributed by atoms with Gasteiger partial charge in [0, 0.05) is 0 Å². The van der Waals surface area contributed by atoms with E-state index >= 15 is 0 Å². The molecule has 0 spiro atoms. The fraction of sp³-hybridized carbons (Fsp3) is 1.00. The zero-order chi connectivity index (χ0) is 10.2. The average Bonchev–Trinajstić information content (AvgIpc) is 2.18. The van der Waals surface area contributed by atoms with Crippen LogP contribution in [0.1, 0.15) is 40.0 Å². The minimum absolute atomic E-state index is 0. The predicted molar refractivity (Wildman–Crippen MR) is 45.5 cm³/mol. The molecule has 0 saturated carbocycles. The first-order valence-electron chi connectivity index (χ1n) is 4.49. The Bertz CT molecular complexity index is 30.3. The number of hydrogen-bond acceptors (Lipinski definition) is 3. The third kappa shape index (κ3) is 93.5. The Labute approximate surface area is 115 Å². The van der Waals surface area contributed by atoms with E-state index in [-0.39, 0.29) is 60.2 Å². The first-order valence-corrected chi connectivity index (χ1v) is 4.49. The van der Waals surface area contributed by atoms with Crippen molar-refractivity contribution in [3.63, 3.8) is 0 Å². The molecule has 0 aliphatic rings. The molecule has 0 heterocycles. The van der Waals surface area contributed by atoms with Gasteiger partial charge in [0.05, 0.1) is 0 Å².